The van der Waals surface area contributed by atoms with Crippen LogP contribution in [0.25, 0.3) is 5.82 Å². The van der Waals surface area contributed by atoms with Gasteiger partial charge in [0.2, 0.25) is 0 Å². The van der Waals surface area contributed by atoms with Crippen molar-refractivity contribution in [3.05, 3.63) is 39.8 Å². The van der Waals surface area contributed by atoms with Gasteiger partial charge in [0, 0.05) is 0 Å². The van der Waals surface area contributed by atoms with E-state index in [4.69, 9.17) is 5.73 Å². The SMILES string of the molecule is CCc1nn(-c2ccc(N)cn2)c(CC)c1[N+](=O)[O-]. The molecule has 2 aromatic heterocycles. The quantitative estimate of drug-likeness (QED) is 0.669. The summed E-state index contributed by atoms with van der Waals surface area (Å²) in [5, 5.41) is 15.5. The Hall–Kier alpha value is -2.44. The molecule has 100 valence electrons. The number of aryl methyl sites for hydroxylation is 1. The number of nitrogen functional groups attached to an aromatic ring is 1. The minimum atomic E-state index is -0.377. The molecule has 0 aliphatic rings. The molecule has 0 aliphatic heterocycles. The third-order valence-corrected chi connectivity index (χ3v) is 2.86. The standard InChI is InChI=1S/C12H15N5O2/c1-3-9-12(17(18)19)10(4-2)16(15-9)11-6-5-8(13)7-14-11/h5-7H,3-4,13H2,1-2H3. The first-order valence-corrected chi connectivity index (χ1v) is 6.05. The van der Waals surface area contributed by atoms with E-state index in [1.807, 2.05) is 13.8 Å². The van der Waals surface area contributed by atoms with Crippen molar-refractivity contribution in [3.63, 3.8) is 0 Å². The van der Waals surface area contributed by atoms with Gasteiger partial charge < -0.3 is 5.73 Å². The van der Waals surface area contributed by atoms with E-state index >= 15 is 0 Å². The number of nitrogens with zero attached hydrogens (tertiary/aromatic N) is 4. The minimum Gasteiger partial charge on any atom is -0.397 e. The van der Waals surface area contributed by atoms with Gasteiger partial charge in [-0.2, -0.15) is 5.10 Å². The average molecular weight is 261 g/mol. The molecule has 0 unspecified atom stereocenters. The number of aromatic nitrogens is 3. The van der Waals surface area contributed by atoms with Gasteiger partial charge in [-0.25, -0.2) is 9.67 Å². The number of hydrogen-bond acceptors (Lipinski definition) is 5. The van der Waals surface area contributed by atoms with E-state index in [0.29, 0.717) is 35.7 Å². The number of anilines is 1. The van der Waals surface area contributed by atoms with Crippen LogP contribution in [-0.2, 0) is 12.8 Å². The van der Waals surface area contributed by atoms with Crippen molar-refractivity contribution in [3.8, 4) is 5.82 Å². The van der Waals surface area contributed by atoms with E-state index < -0.39 is 0 Å². The molecule has 0 amide bonds. The molecule has 0 aromatic carbocycles. The molecule has 0 aliphatic carbocycles. The molecule has 0 spiro atoms. The summed E-state index contributed by atoms with van der Waals surface area (Å²) < 4.78 is 1.52. The summed E-state index contributed by atoms with van der Waals surface area (Å²) in [4.78, 5) is 15.0. The molecule has 2 aromatic rings. The van der Waals surface area contributed by atoms with Crippen LogP contribution in [0.3, 0.4) is 0 Å². The maximum absolute atomic E-state index is 11.2. The predicted molar refractivity (Wildman–Crippen MR) is 71.2 cm³/mol. The zero-order valence-corrected chi connectivity index (χ0v) is 10.8. The molecule has 0 fully saturated rings. The van der Waals surface area contributed by atoms with E-state index in [9.17, 15) is 10.1 Å². The fourth-order valence-corrected chi connectivity index (χ4v) is 1.97. The van der Waals surface area contributed by atoms with Gasteiger partial charge in [0.15, 0.2) is 5.82 Å². The monoisotopic (exact) mass is 261 g/mol. The van der Waals surface area contributed by atoms with E-state index in [1.165, 1.54) is 10.9 Å². The van der Waals surface area contributed by atoms with Crippen molar-refractivity contribution in [2.75, 3.05) is 5.73 Å². The Labute approximate surface area is 110 Å². The molecule has 0 bridgehead atoms. The van der Waals surface area contributed by atoms with Crippen molar-refractivity contribution in [1.82, 2.24) is 14.8 Å². The van der Waals surface area contributed by atoms with E-state index in [-0.39, 0.29) is 10.6 Å². The Kier molecular flexibility index (Phi) is 3.46. The summed E-state index contributed by atoms with van der Waals surface area (Å²) in [5.74, 6) is 0.536. The molecule has 0 saturated heterocycles. The first-order chi connectivity index (χ1) is 9.08. The van der Waals surface area contributed by atoms with Crippen LogP contribution in [0.5, 0.6) is 0 Å². The molecule has 2 N–H and O–H groups in total. The van der Waals surface area contributed by atoms with Crippen LogP contribution in [0.4, 0.5) is 11.4 Å². The number of nitrogens with two attached hydrogens (primary N) is 1. The van der Waals surface area contributed by atoms with Crippen LogP contribution >= 0.6 is 0 Å². The van der Waals surface area contributed by atoms with Crippen LogP contribution in [0.2, 0.25) is 0 Å². The average Bonchev–Trinajstić information content (AvgIpc) is 2.78. The highest BCUT2D eigenvalue weighted by Crippen LogP contribution is 2.26. The minimum absolute atomic E-state index is 0.0867. The Bertz CT molecular complexity index is 603. The van der Waals surface area contributed by atoms with Gasteiger partial charge in [0.1, 0.15) is 11.4 Å². The van der Waals surface area contributed by atoms with Crippen LogP contribution in [0.15, 0.2) is 18.3 Å². The van der Waals surface area contributed by atoms with Gasteiger partial charge in [0.25, 0.3) is 0 Å². The van der Waals surface area contributed by atoms with Crippen molar-refractivity contribution in [1.29, 1.82) is 0 Å². The fraction of sp³-hybridized carbons (Fsp3) is 0.333. The van der Waals surface area contributed by atoms with Gasteiger partial charge in [-0.15, -0.1) is 0 Å². The zero-order chi connectivity index (χ0) is 14.0. The predicted octanol–water partition coefficient (Wildman–Crippen LogP) is 1.88. The molecule has 0 atom stereocenters. The van der Waals surface area contributed by atoms with Gasteiger partial charge in [-0.1, -0.05) is 13.8 Å². The Balaban J connectivity index is 2.63. The first kappa shape index (κ1) is 13.0. The Morgan fingerprint density at radius 1 is 1.37 bits per heavy atom. The van der Waals surface area contributed by atoms with Crippen LogP contribution < -0.4 is 5.73 Å². The van der Waals surface area contributed by atoms with Crippen LogP contribution in [-0.4, -0.2) is 19.7 Å². The molecule has 0 saturated carbocycles. The lowest BCUT2D eigenvalue weighted by atomic mass is 10.2. The third kappa shape index (κ3) is 2.26. The maximum atomic E-state index is 11.2. The number of hydrogen-bond donors (Lipinski definition) is 1. The summed E-state index contributed by atoms with van der Waals surface area (Å²) in [6, 6.07) is 3.39. The highest BCUT2D eigenvalue weighted by atomic mass is 16.6. The lowest BCUT2D eigenvalue weighted by Crippen LogP contribution is -2.05. The van der Waals surface area contributed by atoms with Crippen LogP contribution in [0, 0.1) is 10.1 Å². The highest BCUT2D eigenvalue weighted by molar-refractivity contribution is 5.46. The topological polar surface area (TPSA) is 99.9 Å². The lowest BCUT2D eigenvalue weighted by Gasteiger charge is -2.04. The molecule has 2 rings (SSSR count). The lowest BCUT2D eigenvalue weighted by molar-refractivity contribution is -0.386. The first-order valence-electron chi connectivity index (χ1n) is 6.05. The van der Waals surface area contributed by atoms with Gasteiger partial charge in [0.05, 0.1) is 16.8 Å². The molecule has 7 nitrogen and oxygen atoms in total. The molecular formula is C12H15N5O2. The van der Waals surface area contributed by atoms with Crippen LogP contribution in [0.1, 0.15) is 25.2 Å². The second kappa shape index (κ2) is 5.05. The molecule has 2 heterocycles. The van der Waals surface area contributed by atoms with E-state index in [1.54, 1.807) is 12.1 Å². The second-order valence-electron chi connectivity index (χ2n) is 4.07. The second-order valence-corrected chi connectivity index (χ2v) is 4.07. The van der Waals surface area contributed by atoms with Gasteiger partial charge in [-0.3, -0.25) is 10.1 Å². The number of rotatable bonds is 4. The zero-order valence-electron chi connectivity index (χ0n) is 10.8. The summed E-state index contributed by atoms with van der Waals surface area (Å²) in [6.07, 6.45) is 2.52. The highest BCUT2D eigenvalue weighted by Gasteiger charge is 2.26. The summed E-state index contributed by atoms with van der Waals surface area (Å²) in [7, 11) is 0. The van der Waals surface area contributed by atoms with Crippen molar-refractivity contribution < 1.29 is 4.92 Å². The summed E-state index contributed by atoms with van der Waals surface area (Å²) in [5.41, 5.74) is 7.24. The van der Waals surface area contributed by atoms with Gasteiger partial charge >= 0.3 is 5.69 Å². The Morgan fingerprint density at radius 3 is 2.58 bits per heavy atom. The third-order valence-electron chi connectivity index (χ3n) is 2.86. The van der Waals surface area contributed by atoms with E-state index in [0.717, 1.165) is 0 Å². The van der Waals surface area contributed by atoms with Crippen molar-refractivity contribution in [2.45, 2.75) is 26.7 Å². The smallest absolute Gasteiger partial charge is 0.313 e. The number of nitro groups is 1. The molecule has 0 radical (unpaired) electrons. The molecule has 19 heavy (non-hydrogen) atoms. The molecular weight excluding hydrogens is 246 g/mol. The normalized spacial score (nSPS) is 10.6. The summed E-state index contributed by atoms with van der Waals surface area (Å²) in [6.45, 7) is 3.70. The van der Waals surface area contributed by atoms with Crippen molar-refractivity contribution in [2.24, 2.45) is 0 Å². The fourth-order valence-electron chi connectivity index (χ4n) is 1.97. The number of pyridine rings is 1. The van der Waals surface area contributed by atoms with Gasteiger partial charge in [-0.05, 0) is 25.0 Å². The maximum Gasteiger partial charge on any atom is 0.313 e. The molecule has 7 heteroatoms. The Morgan fingerprint density at radius 2 is 2.11 bits per heavy atom. The van der Waals surface area contributed by atoms with Crippen molar-refractivity contribution >= 4 is 11.4 Å². The van der Waals surface area contributed by atoms with E-state index in [2.05, 4.69) is 10.1 Å². The summed E-state index contributed by atoms with van der Waals surface area (Å²) >= 11 is 0. The largest absolute Gasteiger partial charge is 0.397 e.